The summed E-state index contributed by atoms with van der Waals surface area (Å²) in [6.07, 6.45) is 7.11. The van der Waals surface area contributed by atoms with Crippen LogP contribution in [0.5, 0.6) is 0 Å². The summed E-state index contributed by atoms with van der Waals surface area (Å²) < 4.78 is 6.40. The van der Waals surface area contributed by atoms with Gasteiger partial charge in [0, 0.05) is 50.2 Å². The molecule has 0 aliphatic carbocycles. The molecule has 0 aliphatic rings. The van der Waals surface area contributed by atoms with Crippen molar-refractivity contribution in [2.24, 2.45) is 0 Å². The monoisotopic (exact) mass is 831 g/mol. The van der Waals surface area contributed by atoms with E-state index < -0.39 is 0 Å². The van der Waals surface area contributed by atoms with Gasteiger partial charge < -0.3 is 37.5 Å². The van der Waals surface area contributed by atoms with E-state index in [2.05, 4.69) is 119 Å². The fourth-order valence-corrected chi connectivity index (χ4v) is 4.86. The number of nitrogens with two attached hydrogens (primary N) is 1. The van der Waals surface area contributed by atoms with Crippen molar-refractivity contribution >= 4 is 107 Å². The maximum absolute atomic E-state index is 6.01. The van der Waals surface area contributed by atoms with E-state index in [4.69, 9.17) is 17.3 Å². The first-order valence-electron chi connectivity index (χ1n) is 8.92. The van der Waals surface area contributed by atoms with E-state index in [-0.39, 0.29) is 26.0 Å². The van der Waals surface area contributed by atoms with Crippen molar-refractivity contribution < 1.29 is 18.6 Å². The Morgan fingerprint density at radius 3 is 1.72 bits per heavy atom. The Bertz CT molecular complexity index is 1060. The van der Waals surface area contributed by atoms with Crippen LogP contribution in [0.1, 0.15) is 47.2 Å². The van der Waals surface area contributed by atoms with E-state index in [1.807, 2.05) is 22.6 Å². The second kappa shape index (κ2) is 14.5. The summed E-state index contributed by atoms with van der Waals surface area (Å²) >= 11 is 12.4. The van der Waals surface area contributed by atoms with Crippen LogP contribution >= 0.6 is 79.4 Å². The Morgan fingerprint density at radius 1 is 0.844 bits per heavy atom. The molecule has 0 fully saturated rings. The SMILES string of the molecule is C.CC(C)n1cc(I)c2c(Cl)ncnc21.CC(C)n1cc(I)c2c(N)ncnc21.[CH2-]I.[V]. The van der Waals surface area contributed by atoms with E-state index in [1.54, 1.807) is 0 Å². The molecule has 0 unspecified atom stereocenters. The zero-order chi connectivity index (χ0) is 22.6. The van der Waals surface area contributed by atoms with Gasteiger partial charge in [-0.2, -0.15) is 0 Å². The summed E-state index contributed by atoms with van der Waals surface area (Å²) in [6.45, 7) is 8.47. The van der Waals surface area contributed by atoms with Gasteiger partial charge in [0.2, 0.25) is 0 Å². The molecule has 0 amide bonds. The molecule has 0 bridgehead atoms. The Morgan fingerprint density at radius 2 is 1.25 bits per heavy atom. The first-order valence-corrected chi connectivity index (χ1v) is 13.0. The number of anilines is 1. The fraction of sp³-hybridized carbons (Fsp3) is 0.350. The molecular formula is C20H26ClI3N7V-. The van der Waals surface area contributed by atoms with Gasteiger partial charge in [0.25, 0.3) is 0 Å². The third kappa shape index (κ3) is 7.06. The maximum atomic E-state index is 6.01. The van der Waals surface area contributed by atoms with Gasteiger partial charge in [-0.3, -0.25) is 4.93 Å². The van der Waals surface area contributed by atoms with Crippen molar-refractivity contribution in [1.29, 1.82) is 0 Å². The maximum Gasteiger partial charge on any atom is 0.146 e. The van der Waals surface area contributed by atoms with Gasteiger partial charge in [0.15, 0.2) is 0 Å². The minimum atomic E-state index is 0. The van der Waals surface area contributed by atoms with Gasteiger partial charge in [0.1, 0.15) is 34.9 Å². The average Bonchev–Trinajstić information content (AvgIpc) is 3.23. The van der Waals surface area contributed by atoms with Gasteiger partial charge >= 0.3 is 0 Å². The molecule has 7 nitrogen and oxygen atoms in total. The van der Waals surface area contributed by atoms with E-state index >= 15 is 0 Å². The standard InChI is InChI=1S/C9H9ClIN3.C9H11IN4.CH2I.CH4.V/c1-5(2)14-3-6(11)7-8(10)12-4-13-9(7)14;1-5(2)14-3-6(10)7-8(11)12-4-13-9(7)14;1-2;;/h3-5H,1-2H3;3-5H,1-2H3,(H2,11,12,13);1H2;1H4;/q;;-1;;. The number of nitrogens with zero attached hydrogens (tertiary/aromatic N) is 6. The number of nitrogen functional groups attached to an aromatic ring is 1. The first-order chi connectivity index (χ1) is 14.2. The molecule has 32 heavy (non-hydrogen) atoms. The van der Waals surface area contributed by atoms with Crippen LogP contribution in [0.15, 0.2) is 25.0 Å². The minimum Gasteiger partial charge on any atom is -0.383 e. The van der Waals surface area contributed by atoms with Crippen LogP contribution in [0.3, 0.4) is 0 Å². The van der Waals surface area contributed by atoms with E-state index in [9.17, 15) is 0 Å². The van der Waals surface area contributed by atoms with Crippen molar-refractivity contribution in [1.82, 2.24) is 29.1 Å². The minimum absolute atomic E-state index is 0. The molecule has 12 heteroatoms. The fourth-order valence-electron chi connectivity index (χ4n) is 2.85. The van der Waals surface area contributed by atoms with E-state index in [0.717, 1.165) is 29.2 Å². The quantitative estimate of drug-likeness (QED) is 0.130. The molecule has 0 aromatic carbocycles. The van der Waals surface area contributed by atoms with Gasteiger partial charge in [-0.15, -0.1) is 0 Å². The number of aromatic nitrogens is 6. The number of hydrogen-bond donors (Lipinski definition) is 1. The van der Waals surface area contributed by atoms with Crippen molar-refractivity contribution in [2.75, 3.05) is 5.73 Å². The smallest absolute Gasteiger partial charge is 0.146 e. The third-order valence-corrected chi connectivity index (χ3v) is 6.14. The van der Waals surface area contributed by atoms with Crippen LogP contribution < -0.4 is 5.73 Å². The Hall–Kier alpha value is 0.104. The van der Waals surface area contributed by atoms with Gasteiger partial charge in [-0.1, -0.05) is 19.0 Å². The van der Waals surface area contributed by atoms with E-state index in [0.29, 0.717) is 23.1 Å². The molecule has 4 heterocycles. The van der Waals surface area contributed by atoms with Crippen LogP contribution in [0, 0.1) is 12.1 Å². The molecule has 2 N–H and O–H groups in total. The second-order valence-electron chi connectivity index (χ2n) is 6.78. The van der Waals surface area contributed by atoms with E-state index in [1.165, 1.54) is 12.7 Å². The number of halogens is 4. The zero-order valence-electron chi connectivity index (χ0n) is 17.4. The predicted octanol–water partition coefficient (Wildman–Crippen LogP) is 7.32. The largest absolute Gasteiger partial charge is 0.383 e. The molecule has 0 atom stereocenters. The molecule has 1 radical (unpaired) electrons. The summed E-state index contributed by atoms with van der Waals surface area (Å²) in [4.78, 5) is 19.7. The molecule has 4 aromatic rings. The summed E-state index contributed by atoms with van der Waals surface area (Å²) in [5.74, 6) is 0.554. The molecule has 4 aromatic heterocycles. The number of fused-ring (bicyclic) bond motifs is 2. The molecule has 0 spiro atoms. The Kier molecular flexibility index (Phi) is 14.5. The summed E-state index contributed by atoms with van der Waals surface area (Å²) in [6, 6.07) is 0.766. The summed E-state index contributed by atoms with van der Waals surface area (Å²) in [5, 5.41) is 2.43. The summed E-state index contributed by atoms with van der Waals surface area (Å²) in [5.41, 5.74) is 7.62. The van der Waals surface area contributed by atoms with Gasteiger partial charge in [0.05, 0.1) is 10.8 Å². The van der Waals surface area contributed by atoms with Gasteiger partial charge in [-0.25, -0.2) is 19.9 Å². The zero-order valence-corrected chi connectivity index (χ0v) is 26.0. The predicted molar refractivity (Wildman–Crippen MR) is 157 cm³/mol. The van der Waals surface area contributed by atoms with Crippen molar-refractivity contribution in [2.45, 2.75) is 47.2 Å². The number of hydrogen-bond acceptors (Lipinski definition) is 5. The summed E-state index contributed by atoms with van der Waals surface area (Å²) in [7, 11) is 0. The van der Waals surface area contributed by atoms with Crippen LogP contribution in [-0.2, 0) is 18.6 Å². The van der Waals surface area contributed by atoms with Crippen molar-refractivity contribution in [3.8, 4) is 0 Å². The van der Waals surface area contributed by atoms with Crippen LogP contribution in [-0.4, -0.2) is 29.1 Å². The molecule has 175 valence electrons. The van der Waals surface area contributed by atoms with Crippen molar-refractivity contribution in [3.63, 3.8) is 0 Å². The second-order valence-corrected chi connectivity index (χ2v) is 9.46. The normalized spacial score (nSPS) is 10.2. The Labute approximate surface area is 247 Å². The average molecular weight is 832 g/mol. The number of rotatable bonds is 2. The molecule has 4 rings (SSSR count). The van der Waals surface area contributed by atoms with Crippen LogP contribution in [0.2, 0.25) is 5.15 Å². The van der Waals surface area contributed by atoms with Crippen molar-refractivity contribution in [3.05, 3.63) is 42.3 Å². The molecular weight excluding hydrogens is 805 g/mol. The van der Waals surface area contributed by atoms with Crippen LogP contribution in [0.25, 0.3) is 22.1 Å². The molecule has 0 saturated heterocycles. The topological polar surface area (TPSA) is 87.4 Å². The Balaban J connectivity index is 0.000000527. The molecule has 0 aliphatic heterocycles. The van der Waals surface area contributed by atoms with Gasteiger partial charge in [-0.05, 0) is 72.9 Å². The third-order valence-electron chi connectivity index (χ3n) is 4.22. The molecule has 0 saturated carbocycles. The first kappa shape index (κ1) is 32.1. The van der Waals surface area contributed by atoms with Crippen LogP contribution in [0.4, 0.5) is 5.82 Å².